The molecular weight excluding hydrogens is 460 g/mol. The summed E-state index contributed by atoms with van der Waals surface area (Å²) < 4.78 is 48.7. The lowest BCUT2D eigenvalue weighted by Crippen LogP contribution is -2.07. The van der Waals surface area contributed by atoms with Crippen LogP contribution in [0, 0.1) is 11.8 Å². The Labute approximate surface area is 182 Å². The van der Waals surface area contributed by atoms with E-state index in [-0.39, 0.29) is 38.4 Å². The zero-order valence-corrected chi connectivity index (χ0v) is 18.2. The van der Waals surface area contributed by atoms with Crippen LogP contribution in [0.3, 0.4) is 0 Å². The molecule has 0 radical (unpaired) electrons. The highest BCUT2D eigenvalue weighted by Crippen LogP contribution is 2.29. The van der Waals surface area contributed by atoms with E-state index in [1.54, 1.807) is 0 Å². The van der Waals surface area contributed by atoms with Gasteiger partial charge in [-0.25, -0.2) is 46.7 Å². The Morgan fingerprint density at radius 1 is 0.906 bits per heavy atom. The molecule has 0 aliphatic carbocycles. The van der Waals surface area contributed by atoms with Crippen molar-refractivity contribution in [3.8, 4) is 34.4 Å². The van der Waals surface area contributed by atoms with Gasteiger partial charge >= 0.3 is 5.97 Å². The van der Waals surface area contributed by atoms with Gasteiger partial charge in [0.25, 0.3) is 0 Å². The molecule has 0 saturated carbocycles. The summed E-state index contributed by atoms with van der Waals surface area (Å²) in [4.78, 5) is 34.4. The average Bonchev–Trinajstić information content (AvgIpc) is 2.72. The quantitative estimate of drug-likeness (QED) is 0.387. The van der Waals surface area contributed by atoms with E-state index in [0.29, 0.717) is 0 Å². The number of aromatic nitrogens is 6. The standard InChI is InChI=1S/C18H14N6O6S2/c1-31(27,28)17-11(7-19-9-21-17)13-6-14(24-15(23-13)4-3-5-16(25)26)12-8-20-10-22-18(12)32(2,29)30/h6-10H,5H2,1-2H3,(H,25,26). The summed E-state index contributed by atoms with van der Waals surface area (Å²) in [6, 6.07) is 1.32. The lowest BCUT2D eigenvalue weighted by Gasteiger charge is -2.10. The van der Waals surface area contributed by atoms with Crippen molar-refractivity contribution in [3.63, 3.8) is 0 Å². The normalized spacial score (nSPS) is 11.4. The highest BCUT2D eigenvalue weighted by molar-refractivity contribution is 7.91. The van der Waals surface area contributed by atoms with Crippen LogP contribution in [0.25, 0.3) is 22.5 Å². The molecule has 0 fully saturated rings. The van der Waals surface area contributed by atoms with E-state index in [1.807, 2.05) is 0 Å². The third-order valence-electron chi connectivity index (χ3n) is 3.77. The maximum Gasteiger partial charge on any atom is 0.315 e. The predicted octanol–water partition coefficient (Wildman–Crippen LogP) is 0.0238. The SMILES string of the molecule is CS(=O)(=O)c1ncncc1-c1cc(-c2cncnc2S(C)(=O)=O)nc(C#CCC(=O)O)n1. The largest absolute Gasteiger partial charge is 0.481 e. The van der Waals surface area contributed by atoms with E-state index in [1.165, 1.54) is 18.5 Å². The van der Waals surface area contributed by atoms with Gasteiger partial charge in [0.05, 0.1) is 22.5 Å². The van der Waals surface area contributed by atoms with Crippen LogP contribution >= 0.6 is 0 Å². The number of aliphatic carboxylic acids is 1. The molecular formula is C18H14N6O6S2. The van der Waals surface area contributed by atoms with Gasteiger partial charge in [-0.15, -0.1) is 0 Å². The van der Waals surface area contributed by atoms with Crippen molar-refractivity contribution in [3.05, 3.63) is 36.9 Å². The highest BCUT2D eigenvalue weighted by Gasteiger charge is 2.22. The van der Waals surface area contributed by atoms with Gasteiger partial charge in [0.1, 0.15) is 19.1 Å². The van der Waals surface area contributed by atoms with Crippen molar-refractivity contribution in [1.29, 1.82) is 0 Å². The van der Waals surface area contributed by atoms with Crippen molar-refractivity contribution in [1.82, 2.24) is 29.9 Å². The highest BCUT2D eigenvalue weighted by atomic mass is 32.2. The molecule has 0 aliphatic rings. The van der Waals surface area contributed by atoms with Crippen LogP contribution in [0.15, 0.2) is 41.2 Å². The predicted molar refractivity (Wildman–Crippen MR) is 109 cm³/mol. The molecule has 0 unspecified atom stereocenters. The Hall–Kier alpha value is -3.83. The molecule has 0 atom stereocenters. The molecule has 3 heterocycles. The number of sulfone groups is 2. The molecule has 0 amide bonds. The topological polar surface area (TPSA) is 183 Å². The number of nitrogens with zero attached hydrogens (tertiary/aromatic N) is 6. The molecule has 3 rings (SSSR count). The molecule has 0 aromatic carbocycles. The molecule has 12 nitrogen and oxygen atoms in total. The molecule has 1 N–H and O–H groups in total. The Morgan fingerprint density at radius 3 is 1.78 bits per heavy atom. The Morgan fingerprint density at radius 2 is 1.38 bits per heavy atom. The molecule has 0 spiro atoms. The molecule has 0 bridgehead atoms. The maximum absolute atomic E-state index is 12.2. The molecule has 164 valence electrons. The number of carboxylic acids is 1. The van der Waals surface area contributed by atoms with Crippen molar-refractivity contribution in [2.24, 2.45) is 0 Å². The van der Waals surface area contributed by atoms with Gasteiger partial charge in [0.2, 0.25) is 5.82 Å². The van der Waals surface area contributed by atoms with Gasteiger partial charge in [-0.1, -0.05) is 5.92 Å². The van der Waals surface area contributed by atoms with E-state index in [0.717, 1.165) is 25.2 Å². The van der Waals surface area contributed by atoms with E-state index < -0.39 is 32.1 Å². The van der Waals surface area contributed by atoms with E-state index in [4.69, 9.17) is 5.11 Å². The van der Waals surface area contributed by atoms with Gasteiger partial charge in [-0.3, -0.25) is 4.79 Å². The fraction of sp³-hybridized carbons (Fsp3) is 0.167. The Balaban J connectivity index is 2.33. The monoisotopic (exact) mass is 474 g/mol. The molecule has 0 saturated heterocycles. The molecule has 3 aromatic rings. The van der Waals surface area contributed by atoms with Crippen LogP contribution < -0.4 is 0 Å². The zero-order valence-electron chi connectivity index (χ0n) is 16.6. The van der Waals surface area contributed by atoms with Crippen molar-refractivity contribution < 1.29 is 26.7 Å². The average molecular weight is 474 g/mol. The van der Waals surface area contributed by atoms with Crippen molar-refractivity contribution in [2.45, 2.75) is 16.5 Å². The number of carboxylic acid groups (broad SMARTS) is 1. The van der Waals surface area contributed by atoms with E-state index in [9.17, 15) is 21.6 Å². The summed E-state index contributed by atoms with van der Waals surface area (Å²) in [6.45, 7) is 0. The smallest absolute Gasteiger partial charge is 0.315 e. The van der Waals surface area contributed by atoms with Crippen LogP contribution in [-0.2, 0) is 24.5 Å². The molecule has 0 aliphatic heterocycles. The fourth-order valence-corrected chi connectivity index (χ4v) is 4.15. The number of hydrogen-bond acceptors (Lipinski definition) is 11. The van der Waals surface area contributed by atoms with Crippen LogP contribution in [0.1, 0.15) is 12.2 Å². The first kappa shape index (κ1) is 22.8. The third-order valence-corrected chi connectivity index (χ3v) is 5.83. The van der Waals surface area contributed by atoms with Gasteiger partial charge in [-0.05, 0) is 12.0 Å². The summed E-state index contributed by atoms with van der Waals surface area (Å²) in [5, 5.41) is 8.18. The second-order valence-corrected chi connectivity index (χ2v) is 10.2. The lowest BCUT2D eigenvalue weighted by molar-refractivity contribution is -0.135. The lowest BCUT2D eigenvalue weighted by atomic mass is 10.1. The van der Waals surface area contributed by atoms with Gasteiger partial charge in [0.15, 0.2) is 29.7 Å². The number of carbonyl (C=O) groups is 1. The third kappa shape index (κ3) is 5.25. The Bertz CT molecular complexity index is 1400. The minimum Gasteiger partial charge on any atom is -0.481 e. The van der Waals surface area contributed by atoms with Crippen LogP contribution in [0.2, 0.25) is 0 Å². The first-order valence-corrected chi connectivity index (χ1v) is 12.4. The van der Waals surface area contributed by atoms with Crippen LogP contribution in [0.5, 0.6) is 0 Å². The minimum absolute atomic E-state index is 0.0256. The van der Waals surface area contributed by atoms with Crippen LogP contribution in [-0.4, -0.2) is 70.3 Å². The van der Waals surface area contributed by atoms with Gasteiger partial charge in [0, 0.05) is 24.9 Å². The van der Waals surface area contributed by atoms with E-state index >= 15 is 0 Å². The summed E-state index contributed by atoms with van der Waals surface area (Å²) in [6.07, 6.45) is 5.99. The summed E-state index contributed by atoms with van der Waals surface area (Å²) in [5.74, 6) is 3.51. The molecule has 14 heteroatoms. The summed E-state index contributed by atoms with van der Waals surface area (Å²) in [7, 11) is -7.55. The zero-order chi connectivity index (χ0) is 23.5. The minimum atomic E-state index is -3.78. The first-order valence-electron chi connectivity index (χ1n) is 8.57. The van der Waals surface area contributed by atoms with Gasteiger partial charge < -0.3 is 5.11 Å². The molecule has 3 aromatic heterocycles. The van der Waals surface area contributed by atoms with Gasteiger partial charge in [-0.2, -0.15) is 0 Å². The van der Waals surface area contributed by atoms with Crippen molar-refractivity contribution in [2.75, 3.05) is 12.5 Å². The first-order chi connectivity index (χ1) is 15.0. The second kappa shape index (κ2) is 8.73. The summed E-state index contributed by atoms with van der Waals surface area (Å²) in [5.41, 5.74) is 0.105. The summed E-state index contributed by atoms with van der Waals surface area (Å²) >= 11 is 0. The fourth-order valence-electron chi connectivity index (χ4n) is 2.56. The number of hydrogen-bond donors (Lipinski definition) is 1. The maximum atomic E-state index is 12.2. The van der Waals surface area contributed by atoms with E-state index in [2.05, 4.69) is 41.7 Å². The second-order valence-electron chi connectivity index (χ2n) is 6.36. The van der Waals surface area contributed by atoms with Crippen LogP contribution in [0.4, 0.5) is 0 Å². The Kier molecular flexibility index (Phi) is 6.23. The van der Waals surface area contributed by atoms with Crippen molar-refractivity contribution >= 4 is 25.6 Å². The number of rotatable bonds is 5. The molecule has 32 heavy (non-hydrogen) atoms.